The second-order valence-electron chi connectivity index (χ2n) is 3.95. The first-order chi connectivity index (χ1) is 9.33. The second-order valence-corrected chi connectivity index (χ2v) is 3.95. The standard InChI is InChI=1S/C12H23N3O4/c1-11-14-12(19-15-11)3-4-13-5-6-17-9-10-18-8-7-16-2/h13H,3-10H2,1-2H3. The fraction of sp³-hybridized carbons (Fsp3) is 0.833. The van der Waals surface area contributed by atoms with Crippen molar-refractivity contribution in [2.24, 2.45) is 0 Å². The lowest BCUT2D eigenvalue weighted by atomic mass is 10.4. The summed E-state index contributed by atoms with van der Waals surface area (Å²) in [5, 5.41) is 6.97. The van der Waals surface area contributed by atoms with E-state index in [-0.39, 0.29) is 0 Å². The van der Waals surface area contributed by atoms with E-state index >= 15 is 0 Å². The maximum Gasteiger partial charge on any atom is 0.227 e. The average Bonchev–Trinajstić information content (AvgIpc) is 2.82. The monoisotopic (exact) mass is 273 g/mol. The largest absolute Gasteiger partial charge is 0.382 e. The molecule has 0 saturated heterocycles. The van der Waals surface area contributed by atoms with Gasteiger partial charge in [0, 0.05) is 26.6 Å². The van der Waals surface area contributed by atoms with Crippen molar-refractivity contribution in [1.29, 1.82) is 0 Å². The van der Waals surface area contributed by atoms with Crippen LogP contribution in [0.25, 0.3) is 0 Å². The highest BCUT2D eigenvalue weighted by molar-refractivity contribution is 4.83. The molecule has 0 unspecified atom stereocenters. The van der Waals surface area contributed by atoms with E-state index in [1.807, 2.05) is 6.92 Å². The molecule has 0 aliphatic carbocycles. The molecular formula is C12H23N3O4. The summed E-state index contributed by atoms with van der Waals surface area (Å²) in [6.45, 7) is 6.51. The minimum Gasteiger partial charge on any atom is -0.382 e. The summed E-state index contributed by atoms with van der Waals surface area (Å²) in [6.07, 6.45) is 0.737. The maximum absolute atomic E-state index is 5.39. The van der Waals surface area contributed by atoms with E-state index in [2.05, 4.69) is 15.5 Å². The molecule has 1 aromatic heterocycles. The average molecular weight is 273 g/mol. The highest BCUT2D eigenvalue weighted by atomic mass is 16.5. The van der Waals surface area contributed by atoms with Gasteiger partial charge in [-0.2, -0.15) is 4.98 Å². The molecule has 0 radical (unpaired) electrons. The quantitative estimate of drug-likeness (QED) is 0.545. The first-order valence-corrected chi connectivity index (χ1v) is 6.47. The molecule has 110 valence electrons. The fourth-order valence-electron chi connectivity index (χ4n) is 1.37. The van der Waals surface area contributed by atoms with E-state index in [4.69, 9.17) is 18.7 Å². The number of hydrogen-bond acceptors (Lipinski definition) is 7. The summed E-state index contributed by atoms with van der Waals surface area (Å²) in [4.78, 5) is 4.12. The van der Waals surface area contributed by atoms with Crippen LogP contribution in [0.1, 0.15) is 11.7 Å². The molecule has 1 heterocycles. The third-order valence-electron chi connectivity index (χ3n) is 2.31. The van der Waals surface area contributed by atoms with Gasteiger partial charge in [0.05, 0.1) is 33.0 Å². The Morgan fingerprint density at radius 3 is 2.47 bits per heavy atom. The molecule has 0 atom stereocenters. The number of aryl methyl sites for hydroxylation is 1. The van der Waals surface area contributed by atoms with Crippen molar-refractivity contribution in [3.63, 3.8) is 0 Å². The minimum atomic E-state index is 0.602. The number of nitrogens with one attached hydrogen (secondary N) is 1. The van der Waals surface area contributed by atoms with E-state index in [9.17, 15) is 0 Å². The summed E-state index contributed by atoms with van der Waals surface area (Å²) in [5.74, 6) is 1.34. The molecule has 7 heteroatoms. The SMILES string of the molecule is COCCOCCOCCNCCc1nc(C)no1. The minimum absolute atomic E-state index is 0.602. The molecule has 0 bridgehead atoms. The van der Waals surface area contributed by atoms with E-state index in [0.717, 1.165) is 19.5 Å². The van der Waals surface area contributed by atoms with Gasteiger partial charge in [0.1, 0.15) is 0 Å². The van der Waals surface area contributed by atoms with Gasteiger partial charge in [0.25, 0.3) is 0 Å². The van der Waals surface area contributed by atoms with Crippen molar-refractivity contribution in [2.75, 3.05) is 53.2 Å². The van der Waals surface area contributed by atoms with Gasteiger partial charge >= 0.3 is 0 Å². The molecule has 7 nitrogen and oxygen atoms in total. The molecule has 0 aliphatic heterocycles. The predicted octanol–water partition coefficient (Wildman–Crippen LogP) is 0.190. The van der Waals surface area contributed by atoms with E-state index < -0.39 is 0 Å². The van der Waals surface area contributed by atoms with Crippen molar-refractivity contribution in [3.05, 3.63) is 11.7 Å². The molecule has 0 fully saturated rings. The summed E-state index contributed by atoms with van der Waals surface area (Å²) in [6, 6.07) is 0. The molecule has 1 rings (SSSR count). The summed E-state index contributed by atoms with van der Waals surface area (Å²) < 4.78 is 20.5. The van der Waals surface area contributed by atoms with Crippen LogP contribution < -0.4 is 5.32 Å². The Morgan fingerprint density at radius 2 is 1.79 bits per heavy atom. The van der Waals surface area contributed by atoms with Gasteiger partial charge < -0.3 is 24.1 Å². The first-order valence-electron chi connectivity index (χ1n) is 6.47. The highest BCUT2D eigenvalue weighted by Crippen LogP contribution is 1.95. The number of rotatable bonds is 12. The Morgan fingerprint density at radius 1 is 1.05 bits per heavy atom. The lowest BCUT2D eigenvalue weighted by Crippen LogP contribution is -2.23. The second kappa shape index (κ2) is 10.9. The first kappa shape index (κ1) is 16.0. The zero-order valence-electron chi connectivity index (χ0n) is 11.7. The third kappa shape index (κ3) is 8.66. The highest BCUT2D eigenvalue weighted by Gasteiger charge is 2.00. The summed E-state index contributed by atoms with van der Waals surface area (Å²) >= 11 is 0. The number of aromatic nitrogens is 2. The molecule has 1 aromatic rings. The van der Waals surface area contributed by atoms with Gasteiger partial charge in [-0.1, -0.05) is 5.16 Å². The van der Waals surface area contributed by atoms with Crippen LogP contribution in [0.5, 0.6) is 0 Å². The van der Waals surface area contributed by atoms with E-state index in [1.165, 1.54) is 0 Å². The maximum atomic E-state index is 5.39. The van der Waals surface area contributed by atoms with Gasteiger partial charge in [-0.25, -0.2) is 0 Å². The Bertz CT molecular complexity index is 320. The number of ether oxygens (including phenoxy) is 3. The van der Waals surface area contributed by atoms with Crippen LogP contribution in [0.4, 0.5) is 0 Å². The topological polar surface area (TPSA) is 78.6 Å². The van der Waals surface area contributed by atoms with Gasteiger partial charge in [0.15, 0.2) is 5.82 Å². The molecule has 0 spiro atoms. The molecule has 0 amide bonds. The van der Waals surface area contributed by atoms with Crippen LogP contribution in [0, 0.1) is 6.92 Å². The van der Waals surface area contributed by atoms with E-state index in [1.54, 1.807) is 7.11 Å². The number of methoxy groups -OCH3 is 1. The Labute approximate surface area is 113 Å². The van der Waals surface area contributed by atoms with Crippen LogP contribution in [0.2, 0.25) is 0 Å². The summed E-state index contributed by atoms with van der Waals surface area (Å²) in [7, 11) is 1.65. The molecule has 0 aliphatic rings. The van der Waals surface area contributed by atoms with Gasteiger partial charge in [0.2, 0.25) is 5.89 Å². The molecule has 0 aromatic carbocycles. The Kier molecular flexibility index (Phi) is 9.17. The van der Waals surface area contributed by atoms with E-state index in [0.29, 0.717) is 44.7 Å². The Balaban J connectivity index is 1.79. The zero-order chi connectivity index (χ0) is 13.8. The molecule has 0 saturated carbocycles. The van der Waals surface area contributed by atoms with Gasteiger partial charge in [-0.05, 0) is 6.92 Å². The van der Waals surface area contributed by atoms with Crippen LogP contribution >= 0.6 is 0 Å². The van der Waals surface area contributed by atoms with Crippen LogP contribution in [0.3, 0.4) is 0 Å². The zero-order valence-corrected chi connectivity index (χ0v) is 11.7. The molecule has 1 N–H and O–H groups in total. The fourth-order valence-corrected chi connectivity index (χ4v) is 1.37. The number of hydrogen-bond donors (Lipinski definition) is 1. The van der Waals surface area contributed by atoms with Gasteiger partial charge in [-0.3, -0.25) is 0 Å². The van der Waals surface area contributed by atoms with Crippen molar-refractivity contribution < 1.29 is 18.7 Å². The Hall–Kier alpha value is -1.02. The third-order valence-corrected chi connectivity index (χ3v) is 2.31. The number of nitrogens with zero attached hydrogens (tertiary/aromatic N) is 2. The predicted molar refractivity (Wildman–Crippen MR) is 69.1 cm³/mol. The van der Waals surface area contributed by atoms with Crippen LogP contribution in [0.15, 0.2) is 4.52 Å². The van der Waals surface area contributed by atoms with Crippen molar-refractivity contribution in [2.45, 2.75) is 13.3 Å². The molecular weight excluding hydrogens is 250 g/mol. The van der Waals surface area contributed by atoms with Crippen LogP contribution in [-0.2, 0) is 20.6 Å². The summed E-state index contributed by atoms with van der Waals surface area (Å²) in [5.41, 5.74) is 0. The molecule has 19 heavy (non-hydrogen) atoms. The smallest absolute Gasteiger partial charge is 0.227 e. The normalized spacial score (nSPS) is 11.1. The van der Waals surface area contributed by atoms with Crippen molar-refractivity contribution >= 4 is 0 Å². The van der Waals surface area contributed by atoms with Crippen LogP contribution in [-0.4, -0.2) is 63.4 Å². The van der Waals surface area contributed by atoms with Gasteiger partial charge in [-0.15, -0.1) is 0 Å². The van der Waals surface area contributed by atoms with Crippen molar-refractivity contribution in [3.8, 4) is 0 Å². The van der Waals surface area contributed by atoms with Crippen molar-refractivity contribution in [1.82, 2.24) is 15.5 Å². The lowest BCUT2D eigenvalue weighted by Gasteiger charge is -2.06. The lowest BCUT2D eigenvalue weighted by molar-refractivity contribution is 0.0256.